The van der Waals surface area contributed by atoms with Gasteiger partial charge >= 0.3 is 6.01 Å². The van der Waals surface area contributed by atoms with Crippen LogP contribution in [0.25, 0.3) is 32.1 Å². The first-order valence-electron chi connectivity index (χ1n) is 14.2. The molecule has 0 bridgehead atoms. The average molecular weight is 667 g/mol. The van der Waals surface area contributed by atoms with Crippen LogP contribution in [0.3, 0.4) is 0 Å². The Labute approximate surface area is 264 Å². The molecule has 238 valence electrons. The highest BCUT2D eigenvalue weighted by molar-refractivity contribution is 7.23. The summed E-state index contributed by atoms with van der Waals surface area (Å²) in [4.78, 5) is 11.9. The third-order valence-corrected chi connectivity index (χ3v) is 9.55. The average Bonchev–Trinajstić information content (AvgIpc) is 3.64. The minimum Gasteiger partial charge on any atom is -0.467 e. The number of aromatic nitrogens is 2. The summed E-state index contributed by atoms with van der Waals surface area (Å²) < 4.78 is 82.0. The molecule has 3 fully saturated rings. The normalized spacial score (nSPS) is 21.3. The third kappa shape index (κ3) is 5.94. The topological polar surface area (TPSA) is 101 Å². The van der Waals surface area contributed by atoms with E-state index < -0.39 is 36.9 Å². The predicted octanol–water partition coefficient (Wildman–Crippen LogP) is 6.57. The Bertz CT molecular complexity index is 1810. The number of anilines is 2. The lowest BCUT2D eigenvalue weighted by Gasteiger charge is -2.25. The minimum atomic E-state index is -3.17. The van der Waals surface area contributed by atoms with Crippen molar-refractivity contribution < 1.29 is 31.4 Å². The zero-order chi connectivity index (χ0) is 32.0. The number of benzene rings is 2. The van der Waals surface area contributed by atoms with E-state index in [1.165, 1.54) is 37.0 Å². The van der Waals surface area contributed by atoms with E-state index in [4.69, 9.17) is 26.8 Å². The number of thiophene rings is 1. The van der Waals surface area contributed by atoms with Crippen LogP contribution in [0.2, 0.25) is 5.02 Å². The monoisotopic (exact) mass is 666 g/mol. The van der Waals surface area contributed by atoms with E-state index in [0.29, 0.717) is 12.6 Å². The number of nitriles is 1. The maximum atomic E-state index is 16.2. The lowest BCUT2D eigenvalue weighted by Crippen LogP contribution is -2.38. The molecule has 2 unspecified atom stereocenters. The summed E-state index contributed by atoms with van der Waals surface area (Å²) in [5.74, 6) is -4.72. The second-order valence-corrected chi connectivity index (χ2v) is 12.6. The van der Waals surface area contributed by atoms with Gasteiger partial charge in [-0.25, -0.2) is 22.0 Å². The van der Waals surface area contributed by atoms with Crippen molar-refractivity contribution in [2.24, 2.45) is 0 Å². The van der Waals surface area contributed by atoms with E-state index in [1.807, 2.05) is 6.07 Å². The van der Waals surface area contributed by atoms with Crippen molar-refractivity contribution in [3.63, 3.8) is 0 Å². The Morgan fingerprint density at radius 1 is 1.24 bits per heavy atom. The van der Waals surface area contributed by atoms with Gasteiger partial charge in [-0.05, 0) is 43.5 Å². The van der Waals surface area contributed by atoms with Gasteiger partial charge in [0.1, 0.15) is 41.0 Å². The molecule has 15 heteroatoms. The molecule has 2 aromatic heterocycles. The Morgan fingerprint density at radius 3 is 2.78 bits per heavy atom. The van der Waals surface area contributed by atoms with Crippen molar-refractivity contribution in [3.8, 4) is 23.2 Å². The zero-order valence-corrected chi connectivity index (χ0v) is 25.6. The van der Waals surface area contributed by atoms with Gasteiger partial charge in [-0.3, -0.25) is 4.90 Å². The standard InChI is InChI=1S/C23H16ClF4N5O2S.C7H12FN/c1-34-22-31-18-11(21(32-22)33-4-5-35-9-23(27,28)8-33)6-13(24)16(17(18)26)10-2-3-14(25)19-15(10)12(7-29)20(30)36-19;8-6-4-7-2-1-3-9(7)5-6/h2-3,6H,4-5,8-9,30H2,1H3;6-7H,1-5H2. The van der Waals surface area contributed by atoms with Crippen LogP contribution < -0.4 is 15.4 Å². The predicted molar refractivity (Wildman–Crippen MR) is 163 cm³/mol. The first-order valence-corrected chi connectivity index (χ1v) is 15.4. The molecule has 2 atom stereocenters. The molecular formula is C30H28ClF5N6O2S. The number of hydrogen-bond donors (Lipinski definition) is 1. The number of rotatable bonds is 3. The maximum absolute atomic E-state index is 16.2. The quantitative estimate of drug-likeness (QED) is 0.245. The first-order chi connectivity index (χ1) is 21.5. The molecule has 0 amide bonds. The van der Waals surface area contributed by atoms with Gasteiger partial charge in [0.25, 0.3) is 5.92 Å². The summed E-state index contributed by atoms with van der Waals surface area (Å²) in [6.45, 7) is 0.442. The number of fused-ring (bicyclic) bond motifs is 3. The number of methoxy groups -OCH3 is 1. The molecule has 2 aromatic carbocycles. The summed E-state index contributed by atoms with van der Waals surface area (Å²) in [7, 11) is 1.26. The van der Waals surface area contributed by atoms with Crippen LogP contribution in [0.15, 0.2) is 18.2 Å². The number of nitrogen functional groups attached to an aromatic ring is 1. The number of nitrogens with zero attached hydrogens (tertiary/aromatic N) is 5. The molecule has 3 saturated heterocycles. The van der Waals surface area contributed by atoms with E-state index in [9.17, 15) is 22.8 Å². The molecular weight excluding hydrogens is 639 g/mol. The number of nitrogens with two attached hydrogens (primary N) is 1. The summed E-state index contributed by atoms with van der Waals surface area (Å²) in [6, 6.07) is 6.07. The molecule has 2 N–H and O–H groups in total. The van der Waals surface area contributed by atoms with Gasteiger partial charge in [0, 0.05) is 35.5 Å². The van der Waals surface area contributed by atoms with Gasteiger partial charge in [0.2, 0.25) is 0 Å². The minimum absolute atomic E-state index is 0.00176. The van der Waals surface area contributed by atoms with Crippen LogP contribution in [0.1, 0.15) is 24.8 Å². The van der Waals surface area contributed by atoms with E-state index in [1.54, 1.807) is 0 Å². The Balaban J connectivity index is 0.000000337. The van der Waals surface area contributed by atoms with Crippen LogP contribution >= 0.6 is 22.9 Å². The molecule has 5 heterocycles. The molecule has 7 rings (SSSR count). The highest BCUT2D eigenvalue weighted by Crippen LogP contribution is 2.45. The summed E-state index contributed by atoms with van der Waals surface area (Å²) in [5.41, 5.74) is 5.64. The molecule has 3 aliphatic heterocycles. The van der Waals surface area contributed by atoms with Crippen LogP contribution in [0.5, 0.6) is 6.01 Å². The van der Waals surface area contributed by atoms with E-state index in [0.717, 1.165) is 30.4 Å². The van der Waals surface area contributed by atoms with Crippen molar-refractivity contribution in [3.05, 3.63) is 40.4 Å². The smallest absolute Gasteiger partial charge is 0.318 e. The van der Waals surface area contributed by atoms with Gasteiger partial charge in [-0.15, -0.1) is 11.3 Å². The van der Waals surface area contributed by atoms with Crippen molar-refractivity contribution in [1.82, 2.24) is 14.9 Å². The number of halogens is 6. The van der Waals surface area contributed by atoms with Crippen molar-refractivity contribution >= 4 is 54.7 Å². The van der Waals surface area contributed by atoms with Crippen molar-refractivity contribution in [2.45, 2.75) is 37.4 Å². The largest absolute Gasteiger partial charge is 0.467 e. The molecule has 0 aliphatic carbocycles. The van der Waals surface area contributed by atoms with Gasteiger partial charge < -0.3 is 20.1 Å². The van der Waals surface area contributed by atoms with Gasteiger partial charge in [-0.1, -0.05) is 17.7 Å². The molecule has 0 saturated carbocycles. The van der Waals surface area contributed by atoms with E-state index >= 15 is 4.39 Å². The van der Waals surface area contributed by atoms with Crippen molar-refractivity contribution in [1.29, 1.82) is 5.26 Å². The fraction of sp³-hybridized carbons (Fsp3) is 0.433. The summed E-state index contributed by atoms with van der Waals surface area (Å²) in [5, 5.41) is 9.75. The number of hydrogen-bond acceptors (Lipinski definition) is 9. The van der Waals surface area contributed by atoms with Crippen LogP contribution in [-0.2, 0) is 4.74 Å². The highest BCUT2D eigenvalue weighted by Gasteiger charge is 2.37. The molecule has 0 spiro atoms. The third-order valence-electron chi connectivity index (χ3n) is 8.22. The second-order valence-electron chi connectivity index (χ2n) is 11.2. The van der Waals surface area contributed by atoms with Crippen molar-refractivity contribution in [2.75, 3.05) is 57.1 Å². The molecule has 3 aliphatic rings. The fourth-order valence-corrected chi connectivity index (χ4v) is 7.50. The van der Waals surface area contributed by atoms with Gasteiger partial charge in [0.05, 0.1) is 35.5 Å². The summed E-state index contributed by atoms with van der Waals surface area (Å²) in [6.07, 6.45) is 2.81. The fourth-order valence-electron chi connectivity index (χ4n) is 6.26. The van der Waals surface area contributed by atoms with Crippen LogP contribution in [0.4, 0.5) is 32.8 Å². The van der Waals surface area contributed by atoms with E-state index in [-0.39, 0.29) is 72.7 Å². The number of ether oxygens (including phenoxy) is 2. The highest BCUT2D eigenvalue weighted by atomic mass is 35.5. The first kappa shape index (κ1) is 31.5. The summed E-state index contributed by atoms with van der Waals surface area (Å²) >= 11 is 7.40. The van der Waals surface area contributed by atoms with Gasteiger partial charge in [-0.2, -0.15) is 15.2 Å². The lowest BCUT2D eigenvalue weighted by molar-refractivity contribution is -0.0564. The Kier molecular flexibility index (Phi) is 8.64. The maximum Gasteiger partial charge on any atom is 0.318 e. The molecule has 45 heavy (non-hydrogen) atoms. The molecule has 8 nitrogen and oxygen atoms in total. The molecule has 4 aromatic rings. The zero-order valence-electron chi connectivity index (χ0n) is 24.1. The molecule has 0 radical (unpaired) electrons. The lowest BCUT2D eigenvalue weighted by atomic mass is 9.97. The SMILES string of the molecule is COc1nc(N2CCOCC(F)(F)C2)c2cc(Cl)c(-c3ccc(F)c4sc(N)c(C#N)c34)c(F)c2n1.FC1CC2CCCN2C1. The Morgan fingerprint density at radius 2 is 2.04 bits per heavy atom. The number of alkyl halides is 3. The van der Waals surface area contributed by atoms with Gasteiger partial charge in [0.15, 0.2) is 5.82 Å². The Hall–Kier alpha value is -3.51. The van der Waals surface area contributed by atoms with E-state index in [2.05, 4.69) is 14.9 Å². The van der Waals surface area contributed by atoms with Crippen LogP contribution in [-0.4, -0.2) is 79.5 Å². The second kappa shape index (κ2) is 12.4. The van der Waals surface area contributed by atoms with Crippen LogP contribution in [0, 0.1) is 23.0 Å².